The van der Waals surface area contributed by atoms with Gasteiger partial charge in [0.05, 0.1) is 7.11 Å². The van der Waals surface area contributed by atoms with Crippen molar-refractivity contribution in [3.05, 3.63) is 0 Å². The van der Waals surface area contributed by atoms with E-state index in [9.17, 15) is 9.59 Å². The van der Waals surface area contributed by atoms with Crippen LogP contribution in [0.1, 0.15) is 33.6 Å². The predicted molar refractivity (Wildman–Crippen MR) is 62.5 cm³/mol. The van der Waals surface area contributed by atoms with Gasteiger partial charge in [0.2, 0.25) is 0 Å². The summed E-state index contributed by atoms with van der Waals surface area (Å²) in [7, 11) is 2.91. The average Bonchev–Trinajstić information content (AvgIpc) is 2.99. The summed E-state index contributed by atoms with van der Waals surface area (Å²) in [4.78, 5) is 24.8. The quantitative estimate of drug-likeness (QED) is 0.709. The molecular weight excluding hydrogens is 222 g/mol. The molecule has 0 aliphatic heterocycles. The van der Waals surface area contributed by atoms with Crippen LogP contribution in [-0.4, -0.2) is 42.8 Å². The third kappa shape index (κ3) is 3.91. The third-order valence-electron chi connectivity index (χ3n) is 2.61. The lowest BCUT2D eigenvalue weighted by atomic mass is 10.1. The van der Waals surface area contributed by atoms with Gasteiger partial charge in [-0.2, -0.15) is 0 Å². The SMILES string of the molecule is COC(=O)C(C1CC1)N(C)C(=O)OC(C)(C)C. The Morgan fingerprint density at radius 2 is 1.82 bits per heavy atom. The third-order valence-corrected chi connectivity index (χ3v) is 2.61. The number of rotatable bonds is 3. The van der Waals surface area contributed by atoms with Crippen LogP contribution in [0, 0.1) is 5.92 Å². The number of nitrogens with zero attached hydrogens (tertiary/aromatic N) is 1. The minimum absolute atomic E-state index is 0.208. The van der Waals surface area contributed by atoms with Crippen molar-refractivity contribution in [2.75, 3.05) is 14.2 Å². The molecule has 0 spiro atoms. The molecule has 1 aliphatic rings. The number of esters is 1. The second-order valence-corrected chi connectivity index (χ2v) is 5.40. The zero-order chi connectivity index (χ0) is 13.2. The first-order valence-corrected chi connectivity index (χ1v) is 5.80. The number of likely N-dealkylation sites (N-methyl/N-ethyl adjacent to an activating group) is 1. The fraction of sp³-hybridized carbons (Fsp3) is 0.833. The first-order valence-electron chi connectivity index (χ1n) is 5.80. The smallest absolute Gasteiger partial charge is 0.410 e. The minimum atomic E-state index is -0.560. The Morgan fingerprint density at radius 3 is 2.18 bits per heavy atom. The van der Waals surface area contributed by atoms with Crippen molar-refractivity contribution in [3.8, 4) is 0 Å². The molecule has 5 heteroatoms. The van der Waals surface area contributed by atoms with Gasteiger partial charge in [-0.1, -0.05) is 0 Å². The van der Waals surface area contributed by atoms with E-state index >= 15 is 0 Å². The van der Waals surface area contributed by atoms with Crippen molar-refractivity contribution in [1.82, 2.24) is 4.90 Å². The zero-order valence-electron chi connectivity index (χ0n) is 11.1. The maximum absolute atomic E-state index is 11.8. The Balaban J connectivity index is 2.67. The molecule has 1 saturated carbocycles. The van der Waals surface area contributed by atoms with Crippen LogP contribution in [0.5, 0.6) is 0 Å². The van der Waals surface area contributed by atoms with Crippen LogP contribution >= 0.6 is 0 Å². The van der Waals surface area contributed by atoms with Gasteiger partial charge < -0.3 is 9.47 Å². The Bertz CT molecular complexity index is 304. The molecule has 0 aromatic heterocycles. The minimum Gasteiger partial charge on any atom is -0.467 e. The maximum atomic E-state index is 11.8. The van der Waals surface area contributed by atoms with Gasteiger partial charge in [0.25, 0.3) is 0 Å². The number of carbonyl (C=O) groups excluding carboxylic acids is 2. The zero-order valence-corrected chi connectivity index (χ0v) is 11.1. The lowest BCUT2D eigenvalue weighted by Gasteiger charge is -2.29. The van der Waals surface area contributed by atoms with Crippen molar-refractivity contribution >= 4 is 12.1 Å². The van der Waals surface area contributed by atoms with Crippen molar-refractivity contribution < 1.29 is 19.1 Å². The second-order valence-electron chi connectivity index (χ2n) is 5.40. The molecule has 0 aromatic rings. The normalized spacial score (nSPS) is 17.2. The molecule has 1 atom stereocenters. The highest BCUT2D eigenvalue weighted by atomic mass is 16.6. The van der Waals surface area contributed by atoms with E-state index < -0.39 is 17.7 Å². The topological polar surface area (TPSA) is 55.8 Å². The molecule has 1 fully saturated rings. The highest BCUT2D eigenvalue weighted by Crippen LogP contribution is 2.36. The summed E-state index contributed by atoms with van der Waals surface area (Å²) < 4.78 is 9.96. The molecule has 0 aromatic carbocycles. The van der Waals surface area contributed by atoms with Crippen LogP contribution in [0.2, 0.25) is 0 Å². The summed E-state index contributed by atoms with van der Waals surface area (Å²) in [5, 5.41) is 0. The average molecular weight is 243 g/mol. The highest BCUT2D eigenvalue weighted by molar-refractivity contribution is 5.82. The molecule has 1 amide bonds. The molecule has 98 valence electrons. The van der Waals surface area contributed by atoms with E-state index in [2.05, 4.69) is 0 Å². The number of hydrogen-bond acceptors (Lipinski definition) is 4. The fourth-order valence-electron chi connectivity index (χ4n) is 1.65. The largest absolute Gasteiger partial charge is 0.467 e. The number of ether oxygens (including phenoxy) is 2. The van der Waals surface area contributed by atoms with Gasteiger partial charge in [-0.25, -0.2) is 9.59 Å². The van der Waals surface area contributed by atoms with E-state index in [0.717, 1.165) is 12.8 Å². The number of amides is 1. The highest BCUT2D eigenvalue weighted by Gasteiger charge is 2.42. The molecular formula is C12H21NO4. The summed E-state index contributed by atoms with van der Waals surface area (Å²) in [5.41, 5.74) is -0.560. The van der Waals surface area contributed by atoms with Crippen LogP contribution in [0.4, 0.5) is 4.79 Å². The lowest BCUT2D eigenvalue weighted by Crippen LogP contribution is -2.46. The Morgan fingerprint density at radius 1 is 1.29 bits per heavy atom. The maximum Gasteiger partial charge on any atom is 0.410 e. The molecule has 5 nitrogen and oxygen atoms in total. The molecule has 1 rings (SSSR count). The summed E-state index contributed by atoms with van der Waals surface area (Å²) >= 11 is 0. The molecule has 0 heterocycles. The van der Waals surface area contributed by atoms with Crippen LogP contribution < -0.4 is 0 Å². The summed E-state index contributed by atoms with van der Waals surface area (Å²) in [6, 6.07) is -0.519. The van der Waals surface area contributed by atoms with E-state index in [4.69, 9.17) is 9.47 Å². The Hall–Kier alpha value is -1.26. The van der Waals surface area contributed by atoms with Crippen molar-refractivity contribution in [2.45, 2.75) is 45.3 Å². The molecule has 0 N–H and O–H groups in total. The van der Waals surface area contributed by atoms with Crippen LogP contribution in [-0.2, 0) is 14.3 Å². The van der Waals surface area contributed by atoms with Gasteiger partial charge in [-0.05, 0) is 39.5 Å². The van der Waals surface area contributed by atoms with E-state index in [0.29, 0.717) is 0 Å². The van der Waals surface area contributed by atoms with Gasteiger partial charge in [0, 0.05) is 7.05 Å². The van der Waals surface area contributed by atoms with Gasteiger partial charge in [0.1, 0.15) is 11.6 Å². The molecule has 0 bridgehead atoms. The summed E-state index contributed by atoms with van der Waals surface area (Å²) in [6.07, 6.45) is 1.42. The van der Waals surface area contributed by atoms with Crippen molar-refractivity contribution in [1.29, 1.82) is 0 Å². The first kappa shape index (κ1) is 13.8. The summed E-state index contributed by atoms with van der Waals surface area (Å²) in [6.45, 7) is 5.38. The Labute approximate surface area is 102 Å². The number of carbonyl (C=O) groups is 2. The molecule has 1 aliphatic carbocycles. The number of methoxy groups -OCH3 is 1. The molecule has 0 radical (unpaired) electrons. The van der Waals surface area contributed by atoms with Gasteiger partial charge >= 0.3 is 12.1 Å². The second kappa shape index (κ2) is 4.94. The standard InChI is InChI=1S/C12H21NO4/c1-12(2,3)17-11(15)13(4)9(8-6-7-8)10(14)16-5/h8-9H,6-7H2,1-5H3. The lowest BCUT2D eigenvalue weighted by molar-refractivity contribution is -0.147. The predicted octanol–water partition coefficient (Wildman–Crippen LogP) is 1.80. The van der Waals surface area contributed by atoms with E-state index in [1.165, 1.54) is 12.0 Å². The molecule has 0 saturated heterocycles. The number of hydrogen-bond donors (Lipinski definition) is 0. The van der Waals surface area contributed by atoms with E-state index in [-0.39, 0.29) is 11.9 Å². The van der Waals surface area contributed by atoms with Gasteiger partial charge in [-0.3, -0.25) is 4.90 Å². The fourth-order valence-corrected chi connectivity index (χ4v) is 1.65. The van der Waals surface area contributed by atoms with Crippen molar-refractivity contribution in [2.24, 2.45) is 5.92 Å². The van der Waals surface area contributed by atoms with Gasteiger partial charge in [0.15, 0.2) is 0 Å². The molecule has 17 heavy (non-hydrogen) atoms. The monoisotopic (exact) mass is 243 g/mol. The van der Waals surface area contributed by atoms with E-state index in [1.54, 1.807) is 27.8 Å². The molecule has 1 unspecified atom stereocenters. The van der Waals surface area contributed by atoms with Crippen LogP contribution in [0.3, 0.4) is 0 Å². The van der Waals surface area contributed by atoms with Crippen LogP contribution in [0.25, 0.3) is 0 Å². The van der Waals surface area contributed by atoms with Gasteiger partial charge in [-0.15, -0.1) is 0 Å². The van der Waals surface area contributed by atoms with Crippen molar-refractivity contribution in [3.63, 3.8) is 0 Å². The summed E-state index contributed by atoms with van der Waals surface area (Å²) in [5.74, 6) is -0.166. The Kier molecular flexibility index (Phi) is 4.01. The van der Waals surface area contributed by atoms with Crippen LogP contribution in [0.15, 0.2) is 0 Å². The first-order chi connectivity index (χ1) is 7.76. The van der Waals surface area contributed by atoms with E-state index in [1.807, 2.05) is 0 Å².